The topological polar surface area (TPSA) is 41.1 Å². The Hall–Kier alpha value is -0.830. The molecule has 3 nitrogen and oxygen atoms in total. The molecule has 0 aliphatic carbocycles. The van der Waals surface area contributed by atoms with Crippen molar-refractivity contribution in [2.45, 2.75) is 44.8 Å². The molecular weight excluding hydrogens is 164 g/mol. The minimum atomic E-state index is -0.00931. The van der Waals surface area contributed by atoms with Crippen molar-refractivity contribution in [2.75, 3.05) is 0 Å². The van der Waals surface area contributed by atoms with Crippen molar-refractivity contribution in [1.29, 1.82) is 0 Å². The first-order chi connectivity index (χ1) is 6.13. The number of rotatable bonds is 4. The Morgan fingerprint density at radius 2 is 2.54 bits per heavy atom. The highest BCUT2D eigenvalue weighted by Crippen LogP contribution is 2.08. The molecule has 1 saturated heterocycles. The van der Waals surface area contributed by atoms with Crippen LogP contribution in [0.4, 0.5) is 0 Å². The largest absolute Gasteiger partial charge is 0.352 e. The number of hydrogen-bond donors (Lipinski definition) is 2. The summed E-state index contributed by atoms with van der Waals surface area (Å²) in [5, 5.41) is 6.16. The fourth-order valence-corrected chi connectivity index (χ4v) is 1.67. The highest BCUT2D eigenvalue weighted by molar-refractivity contribution is 5.84. The zero-order valence-corrected chi connectivity index (χ0v) is 8.34. The average molecular weight is 182 g/mol. The maximum Gasteiger partial charge on any atom is 0.237 e. The second-order valence-electron chi connectivity index (χ2n) is 3.79. The van der Waals surface area contributed by atoms with Gasteiger partial charge in [-0.05, 0) is 26.7 Å². The Labute approximate surface area is 79.6 Å². The molecular formula is C10H18N2O. The number of carbonyl (C=O) groups excluding carboxylic acids is 1. The minimum absolute atomic E-state index is 0.00931. The normalized spacial score (nSPS) is 29.8. The van der Waals surface area contributed by atoms with E-state index in [0.717, 1.165) is 12.8 Å². The zero-order chi connectivity index (χ0) is 9.84. The van der Waals surface area contributed by atoms with Crippen LogP contribution in [-0.2, 0) is 4.79 Å². The van der Waals surface area contributed by atoms with Gasteiger partial charge in [-0.1, -0.05) is 6.08 Å². The molecule has 0 bridgehead atoms. The van der Waals surface area contributed by atoms with E-state index in [2.05, 4.69) is 24.1 Å². The molecule has 3 atom stereocenters. The standard InChI is InChI=1S/C10H18N2O/c1-4-5-7(2)11-9-6-8(3)12-10(9)13/h4,7-9,11H,1,5-6H2,2-3H3,(H,12,13)/t7?,8?,9-/m1/s1. The third-order valence-electron chi connectivity index (χ3n) is 2.30. The summed E-state index contributed by atoms with van der Waals surface area (Å²) in [6.07, 6.45) is 3.66. The van der Waals surface area contributed by atoms with Crippen LogP contribution in [0.25, 0.3) is 0 Å². The lowest BCUT2D eigenvalue weighted by Gasteiger charge is -2.15. The molecule has 3 heteroatoms. The predicted octanol–water partition coefficient (Wildman–Crippen LogP) is 0.818. The minimum Gasteiger partial charge on any atom is -0.352 e. The summed E-state index contributed by atoms with van der Waals surface area (Å²) in [5.74, 6) is 0.128. The van der Waals surface area contributed by atoms with Crippen LogP contribution in [0.5, 0.6) is 0 Å². The Morgan fingerprint density at radius 1 is 1.85 bits per heavy atom. The van der Waals surface area contributed by atoms with Crippen LogP contribution in [-0.4, -0.2) is 24.0 Å². The molecule has 13 heavy (non-hydrogen) atoms. The molecule has 0 aromatic rings. The molecule has 1 amide bonds. The van der Waals surface area contributed by atoms with Gasteiger partial charge in [-0.15, -0.1) is 6.58 Å². The van der Waals surface area contributed by atoms with Gasteiger partial charge in [0.1, 0.15) is 0 Å². The summed E-state index contributed by atoms with van der Waals surface area (Å²) in [7, 11) is 0. The van der Waals surface area contributed by atoms with E-state index in [0.29, 0.717) is 12.1 Å². The number of hydrogen-bond acceptors (Lipinski definition) is 2. The summed E-state index contributed by atoms with van der Waals surface area (Å²) in [6.45, 7) is 7.76. The monoisotopic (exact) mass is 182 g/mol. The van der Waals surface area contributed by atoms with Gasteiger partial charge in [-0.2, -0.15) is 0 Å². The highest BCUT2D eigenvalue weighted by Gasteiger charge is 2.29. The van der Waals surface area contributed by atoms with Gasteiger partial charge in [0.2, 0.25) is 5.91 Å². The van der Waals surface area contributed by atoms with Crippen LogP contribution in [0.3, 0.4) is 0 Å². The Morgan fingerprint density at radius 3 is 3.00 bits per heavy atom. The van der Waals surface area contributed by atoms with Gasteiger partial charge in [-0.25, -0.2) is 0 Å². The maximum atomic E-state index is 11.3. The van der Waals surface area contributed by atoms with Gasteiger partial charge in [0, 0.05) is 12.1 Å². The first-order valence-corrected chi connectivity index (χ1v) is 4.80. The predicted molar refractivity (Wildman–Crippen MR) is 53.4 cm³/mol. The lowest BCUT2D eigenvalue weighted by atomic mass is 10.1. The third kappa shape index (κ3) is 2.84. The lowest BCUT2D eigenvalue weighted by molar-refractivity contribution is -0.121. The Bertz CT molecular complexity index is 203. The SMILES string of the molecule is C=CCC(C)N[C@@H]1CC(C)NC1=O. The van der Waals surface area contributed by atoms with Crippen molar-refractivity contribution >= 4 is 5.91 Å². The molecule has 1 fully saturated rings. The lowest BCUT2D eigenvalue weighted by Crippen LogP contribution is -2.41. The number of amides is 1. The van der Waals surface area contributed by atoms with E-state index >= 15 is 0 Å². The van der Waals surface area contributed by atoms with Crippen molar-refractivity contribution in [3.8, 4) is 0 Å². The average Bonchev–Trinajstić information content (AvgIpc) is 2.30. The molecule has 2 unspecified atom stereocenters. The molecule has 1 rings (SSSR count). The highest BCUT2D eigenvalue weighted by atomic mass is 16.2. The van der Waals surface area contributed by atoms with Crippen LogP contribution in [0.1, 0.15) is 26.7 Å². The molecule has 1 aliphatic rings. The third-order valence-corrected chi connectivity index (χ3v) is 2.30. The maximum absolute atomic E-state index is 11.3. The smallest absolute Gasteiger partial charge is 0.237 e. The van der Waals surface area contributed by atoms with E-state index < -0.39 is 0 Å². The van der Waals surface area contributed by atoms with Crippen LogP contribution >= 0.6 is 0 Å². The van der Waals surface area contributed by atoms with Crippen molar-refractivity contribution < 1.29 is 4.79 Å². The molecule has 74 valence electrons. The summed E-state index contributed by atoms with van der Waals surface area (Å²) in [5.41, 5.74) is 0. The van der Waals surface area contributed by atoms with Crippen molar-refractivity contribution in [3.63, 3.8) is 0 Å². The first-order valence-electron chi connectivity index (χ1n) is 4.80. The van der Waals surface area contributed by atoms with Crippen LogP contribution in [0.15, 0.2) is 12.7 Å². The second-order valence-corrected chi connectivity index (χ2v) is 3.79. The molecule has 0 saturated carbocycles. The molecule has 0 radical (unpaired) electrons. The first kappa shape index (κ1) is 10.3. The van der Waals surface area contributed by atoms with Gasteiger partial charge in [-0.3, -0.25) is 4.79 Å². The van der Waals surface area contributed by atoms with E-state index in [1.165, 1.54) is 0 Å². The number of nitrogens with one attached hydrogen (secondary N) is 2. The van der Waals surface area contributed by atoms with Crippen molar-refractivity contribution in [3.05, 3.63) is 12.7 Å². The van der Waals surface area contributed by atoms with Gasteiger partial charge in [0.15, 0.2) is 0 Å². The Kier molecular flexibility index (Phi) is 3.48. The van der Waals surface area contributed by atoms with E-state index in [1.54, 1.807) is 0 Å². The molecule has 0 aromatic heterocycles. The molecule has 1 heterocycles. The van der Waals surface area contributed by atoms with Gasteiger partial charge < -0.3 is 10.6 Å². The molecule has 1 aliphatic heterocycles. The summed E-state index contributed by atoms with van der Waals surface area (Å²) in [4.78, 5) is 11.3. The van der Waals surface area contributed by atoms with E-state index in [1.807, 2.05) is 13.0 Å². The summed E-state index contributed by atoms with van der Waals surface area (Å²) in [6, 6.07) is 0.629. The fraction of sp³-hybridized carbons (Fsp3) is 0.700. The second kappa shape index (κ2) is 4.42. The van der Waals surface area contributed by atoms with E-state index in [9.17, 15) is 4.79 Å². The summed E-state index contributed by atoms with van der Waals surface area (Å²) >= 11 is 0. The quantitative estimate of drug-likeness (QED) is 0.632. The molecule has 2 N–H and O–H groups in total. The number of carbonyl (C=O) groups is 1. The van der Waals surface area contributed by atoms with Gasteiger partial charge in [0.05, 0.1) is 6.04 Å². The van der Waals surface area contributed by atoms with Gasteiger partial charge in [0.25, 0.3) is 0 Å². The van der Waals surface area contributed by atoms with Crippen LogP contribution in [0, 0.1) is 0 Å². The van der Waals surface area contributed by atoms with Crippen molar-refractivity contribution in [1.82, 2.24) is 10.6 Å². The van der Waals surface area contributed by atoms with Gasteiger partial charge >= 0.3 is 0 Å². The fourth-order valence-electron chi connectivity index (χ4n) is 1.67. The van der Waals surface area contributed by atoms with E-state index in [-0.39, 0.29) is 11.9 Å². The Balaban J connectivity index is 2.36. The zero-order valence-electron chi connectivity index (χ0n) is 8.34. The summed E-state index contributed by atoms with van der Waals surface area (Å²) < 4.78 is 0. The van der Waals surface area contributed by atoms with E-state index in [4.69, 9.17) is 0 Å². The van der Waals surface area contributed by atoms with Crippen molar-refractivity contribution in [2.24, 2.45) is 0 Å². The molecule has 0 spiro atoms. The molecule has 0 aromatic carbocycles. The van der Waals surface area contributed by atoms with Crippen LogP contribution in [0.2, 0.25) is 0 Å². The van der Waals surface area contributed by atoms with Crippen LogP contribution < -0.4 is 10.6 Å².